The fourth-order valence-corrected chi connectivity index (χ4v) is 5.94. The van der Waals surface area contributed by atoms with Gasteiger partial charge in [0.2, 0.25) is 0 Å². The van der Waals surface area contributed by atoms with Crippen LogP contribution in [0.5, 0.6) is 23.0 Å². The molecule has 0 spiro atoms. The van der Waals surface area contributed by atoms with Crippen LogP contribution >= 0.6 is 0 Å². The summed E-state index contributed by atoms with van der Waals surface area (Å²) in [5.74, 6) is 2.89. The van der Waals surface area contributed by atoms with Crippen LogP contribution in [0.15, 0.2) is 97.1 Å². The third kappa shape index (κ3) is 9.73. The van der Waals surface area contributed by atoms with Crippen LogP contribution in [0.4, 0.5) is 0 Å². The summed E-state index contributed by atoms with van der Waals surface area (Å²) >= 11 is 0. The van der Waals surface area contributed by atoms with Gasteiger partial charge in [0.25, 0.3) is 0 Å². The number of benzene rings is 4. The summed E-state index contributed by atoms with van der Waals surface area (Å²) in [6.45, 7) is 5.85. The van der Waals surface area contributed by atoms with Crippen LogP contribution in [-0.4, -0.2) is 73.3 Å². The summed E-state index contributed by atoms with van der Waals surface area (Å²) < 4.78 is 23.3. The van der Waals surface area contributed by atoms with E-state index < -0.39 is 10.8 Å². The number of aliphatic hydroxyl groups excluding tert-OH is 4. The van der Waals surface area contributed by atoms with Gasteiger partial charge in [0.1, 0.15) is 36.2 Å². The van der Waals surface area contributed by atoms with Crippen molar-refractivity contribution in [2.75, 3.05) is 52.9 Å². The van der Waals surface area contributed by atoms with Crippen molar-refractivity contribution in [3.8, 4) is 23.0 Å². The second-order valence-electron chi connectivity index (χ2n) is 12.3. The molecule has 4 aromatic rings. The summed E-state index contributed by atoms with van der Waals surface area (Å²) in [7, 11) is 0. The molecule has 4 aromatic carbocycles. The highest BCUT2D eigenvalue weighted by Crippen LogP contribution is 2.45. The molecule has 0 aliphatic rings. The summed E-state index contributed by atoms with van der Waals surface area (Å²) in [6.07, 6.45) is 2.66. The summed E-state index contributed by atoms with van der Waals surface area (Å²) in [5, 5.41) is 37.1. The molecule has 4 rings (SSSR count). The maximum atomic E-state index is 9.38. The van der Waals surface area contributed by atoms with Crippen molar-refractivity contribution in [2.45, 2.75) is 50.4 Å². The Hall–Kier alpha value is -4.08. The second-order valence-corrected chi connectivity index (χ2v) is 12.3. The standard InChI is InChI=1S/C40H50O8/c1-39(31-11-15-35(16-12-31)45-25-5-21-41,32-13-17-36(18-14-32)46-26-6-22-42)19-20-40(2,33-7-3-9-37(29-33)47-27-23-43)34-8-4-10-38(30-34)48-28-24-44/h3-4,7-18,29-30,41-44H,5-6,19-28H2,1-2H3. The minimum atomic E-state index is -0.473. The number of rotatable bonds is 21. The number of aliphatic hydroxyl groups is 4. The molecular weight excluding hydrogens is 608 g/mol. The average Bonchev–Trinajstić information content (AvgIpc) is 3.13. The van der Waals surface area contributed by atoms with E-state index in [1.807, 2.05) is 60.7 Å². The van der Waals surface area contributed by atoms with Crippen LogP contribution in [0, 0.1) is 0 Å². The van der Waals surface area contributed by atoms with Crippen LogP contribution in [0.1, 0.15) is 61.8 Å². The van der Waals surface area contributed by atoms with Crippen molar-refractivity contribution in [3.63, 3.8) is 0 Å². The number of hydrogen-bond acceptors (Lipinski definition) is 8. The van der Waals surface area contributed by atoms with Crippen molar-refractivity contribution in [1.82, 2.24) is 0 Å². The fraction of sp³-hybridized carbons (Fsp3) is 0.400. The summed E-state index contributed by atoms with van der Waals surface area (Å²) in [5.41, 5.74) is 3.52. The highest BCUT2D eigenvalue weighted by Gasteiger charge is 2.36. The first-order valence-corrected chi connectivity index (χ1v) is 16.7. The van der Waals surface area contributed by atoms with Gasteiger partial charge in [-0.1, -0.05) is 62.4 Å². The molecule has 0 radical (unpaired) electrons. The monoisotopic (exact) mass is 658 g/mol. The lowest BCUT2D eigenvalue weighted by atomic mass is 9.66. The van der Waals surface area contributed by atoms with Gasteiger partial charge in [-0.3, -0.25) is 0 Å². The first-order valence-electron chi connectivity index (χ1n) is 16.7. The van der Waals surface area contributed by atoms with Crippen LogP contribution in [0.25, 0.3) is 0 Å². The van der Waals surface area contributed by atoms with Crippen LogP contribution in [0.3, 0.4) is 0 Å². The second kappa shape index (κ2) is 18.5. The molecule has 4 N–H and O–H groups in total. The van der Waals surface area contributed by atoms with Gasteiger partial charge in [-0.15, -0.1) is 0 Å². The first-order chi connectivity index (χ1) is 23.4. The molecule has 0 saturated carbocycles. The van der Waals surface area contributed by atoms with E-state index in [0.29, 0.717) is 37.6 Å². The van der Waals surface area contributed by atoms with Gasteiger partial charge in [0.15, 0.2) is 0 Å². The Bertz CT molecular complexity index is 1400. The molecule has 0 aliphatic heterocycles. The van der Waals surface area contributed by atoms with Crippen molar-refractivity contribution in [1.29, 1.82) is 0 Å². The Morgan fingerprint density at radius 2 is 0.792 bits per heavy atom. The molecule has 0 saturated heterocycles. The molecule has 0 unspecified atom stereocenters. The van der Waals surface area contributed by atoms with Crippen molar-refractivity contribution in [2.24, 2.45) is 0 Å². The molecule has 0 fully saturated rings. The molecule has 0 bridgehead atoms. The van der Waals surface area contributed by atoms with Gasteiger partial charge in [-0.05, 0) is 83.6 Å². The highest BCUT2D eigenvalue weighted by atomic mass is 16.5. The fourth-order valence-electron chi connectivity index (χ4n) is 5.94. The third-order valence-electron chi connectivity index (χ3n) is 8.91. The molecule has 8 nitrogen and oxygen atoms in total. The smallest absolute Gasteiger partial charge is 0.119 e. The maximum absolute atomic E-state index is 9.38. The van der Waals surface area contributed by atoms with E-state index in [1.54, 1.807) is 0 Å². The molecule has 0 aromatic heterocycles. The zero-order valence-corrected chi connectivity index (χ0v) is 28.1. The predicted octanol–water partition coefficient (Wildman–Crippen LogP) is 6.04. The van der Waals surface area contributed by atoms with Gasteiger partial charge in [0.05, 0.1) is 26.4 Å². The van der Waals surface area contributed by atoms with E-state index in [9.17, 15) is 10.2 Å². The van der Waals surface area contributed by atoms with Crippen molar-refractivity contribution < 1.29 is 39.4 Å². The Morgan fingerprint density at radius 1 is 0.417 bits per heavy atom. The van der Waals surface area contributed by atoms with E-state index in [2.05, 4.69) is 50.2 Å². The van der Waals surface area contributed by atoms with Crippen molar-refractivity contribution >= 4 is 0 Å². The lowest BCUT2D eigenvalue weighted by Gasteiger charge is -2.38. The van der Waals surface area contributed by atoms with Gasteiger partial charge in [0, 0.05) is 36.9 Å². The average molecular weight is 659 g/mol. The topological polar surface area (TPSA) is 118 Å². The zero-order chi connectivity index (χ0) is 34.2. The van der Waals surface area contributed by atoms with E-state index in [4.69, 9.17) is 29.2 Å². The maximum Gasteiger partial charge on any atom is 0.119 e. The summed E-state index contributed by atoms with van der Waals surface area (Å²) in [4.78, 5) is 0. The predicted molar refractivity (Wildman–Crippen MR) is 187 cm³/mol. The van der Waals surface area contributed by atoms with E-state index >= 15 is 0 Å². The number of hydrogen-bond donors (Lipinski definition) is 4. The first kappa shape index (κ1) is 36.8. The molecule has 258 valence electrons. The van der Waals surface area contributed by atoms with Crippen LogP contribution < -0.4 is 18.9 Å². The Labute approximate surface area is 284 Å². The lowest BCUT2D eigenvalue weighted by Crippen LogP contribution is -2.30. The van der Waals surface area contributed by atoms with E-state index in [-0.39, 0.29) is 39.6 Å². The van der Waals surface area contributed by atoms with E-state index in [1.165, 1.54) is 0 Å². The quantitative estimate of drug-likeness (QED) is 0.0801. The Kier molecular flexibility index (Phi) is 14.1. The molecule has 0 heterocycles. The van der Waals surface area contributed by atoms with Gasteiger partial charge >= 0.3 is 0 Å². The number of ether oxygens (including phenoxy) is 4. The van der Waals surface area contributed by atoms with E-state index in [0.717, 1.165) is 46.6 Å². The molecule has 0 aliphatic carbocycles. The van der Waals surface area contributed by atoms with Gasteiger partial charge < -0.3 is 39.4 Å². The zero-order valence-electron chi connectivity index (χ0n) is 28.1. The normalized spacial score (nSPS) is 11.7. The molecule has 48 heavy (non-hydrogen) atoms. The van der Waals surface area contributed by atoms with Gasteiger partial charge in [-0.2, -0.15) is 0 Å². The Morgan fingerprint density at radius 3 is 1.17 bits per heavy atom. The molecule has 0 amide bonds. The van der Waals surface area contributed by atoms with Gasteiger partial charge in [-0.25, -0.2) is 0 Å². The largest absolute Gasteiger partial charge is 0.494 e. The molecule has 0 atom stereocenters. The SMILES string of the molecule is CC(CCC(C)(c1cccc(OCCO)c1)c1cccc(OCCO)c1)(c1ccc(OCCCO)cc1)c1ccc(OCCCO)cc1. The third-order valence-corrected chi connectivity index (χ3v) is 8.91. The minimum Gasteiger partial charge on any atom is -0.494 e. The molecule has 8 heteroatoms. The molecular formula is C40H50O8. The summed E-state index contributed by atoms with van der Waals surface area (Å²) in [6, 6.07) is 32.5. The van der Waals surface area contributed by atoms with Crippen LogP contribution in [-0.2, 0) is 10.8 Å². The highest BCUT2D eigenvalue weighted by molar-refractivity contribution is 5.47. The van der Waals surface area contributed by atoms with Crippen LogP contribution in [0.2, 0.25) is 0 Å². The lowest BCUT2D eigenvalue weighted by molar-refractivity contribution is 0.201. The van der Waals surface area contributed by atoms with Crippen molar-refractivity contribution in [3.05, 3.63) is 119 Å². The minimum absolute atomic E-state index is 0.0688. The Balaban J connectivity index is 1.74.